The Morgan fingerprint density at radius 3 is 2.75 bits per heavy atom. The van der Waals surface area contributed by atoms with Gasteiger partial charge in [-0.2, -0.15) is 0 Å². The lowest BCUT2D eigenvalue weighted by molar-refractivity contribution is -0.138. The molecule has 0 aliphatic carbocycles. The van der Waals surface area contributed by atoms with Gasteiger partial charge in [0.25, 0.3) is 0 Å². The molecule has 0 aromatic heterocycles. The summed E-state index contributed by atoms with van der Waals surface area (Å²) in [4.78, 5) is 17.1. The molecule has 0 spiro atoms. The first-order chi connectivity index (χ1) is 11.3. The van der Waals surface area contributed by atoms with E-state index in [0.717, 1.165) is 5.17 Å². The van der Waals surface area contributed by atoms with Gasteiger partial charge in [0, 0.05) is 16.5 Å². The van der Waals surface area contributed by atoms with Gasteiger partial charge in [-0.25, -0.2) is 9.79 Å². The first kappa shape index (κ1) is 19.2. The smallest absolute Gasteiger partial charge is 0.338 e. The van der Waals surface area contributed by atoms with Gasteiger partial charge in [-0.15, -0.1) is 0 Å². The molecular formula is C17H20Cl2N2O2S. The molecule has 1 atom stereocenters. The highest BCUT2D eigenvalue weighted by atomic mass is 35.5. The molecule has 0 fully saturated rings. The van der Waals surface area contributed by atoms with Gasteiger partial charge in [-0.1, -0.05) is 60.9 Å². The number of carbonyl (C=O) groups is 1. The summed E-state index contributed by atoms with van der Waals surface area (Å²) >= 11 is 14.1. The van der Waals surface area contributed by atoms with Crippen molar-refractivity contribution in [3.05, 3.63) is 45.1 Å². The van der Waals surface area contributed by atoms with Crippen molar-refractivity contribution >= 4 is 46.1 Å². The van der Waals surface area contributed by atoms with E-state index in [1.165, 1.54) is 0 Å². The summed E-state index contributed by atoms with van der Waals surface area (Å²) in [7, 11) is 0. The zero-order valence-electron chi connectivity index (χ0n) is 14.0. The summed E-state index contributed by atoms with van der Waals surface area (Å²) in [6.07, 6.45) is 0. The highest BCUT2D eigenvalue weighted by Crippen LogP contribution is 2.39. The minimum absolute atomic E-state index is 0.295. The second kappa shape index (κ2) is 8.28. The Balaban J connectivity index is 2.53. The normalized spacial score (nSPS) is 17.6. The number of halogens is 2. The van der Waals surface area contributed by atoms with Gasteiger partial charge in [-0.05, 0) is 19.9 Å². The van der Waals surface area contributed by atoms with Crippen LogP contribution in [0.25, 0.3) is 0 Å². The number of ether oxygens (including phenoxy) is 1. The Kier molecular flexibility index (Phi) is 6.61. The first-order valence-corrected chi connectivity index (χ1v) is 9.32. The van der Waals surface area contributed by atoms with Gasteiger partial charge in [-0.3, -0.25) is 0 Å². The van der Waals surface area contributed by atoms with Crippen LogP contribution in [0.2, 0.25) is 10.0 Å². The monoisotopic (exact) mass is 386 g/mol. The first-order valence-electron chi connectivity index (χ1n) is 7.68. The lowest BCUT2D eigenvalue weighted by atomic mass is 9.96. The largest absolute Gasteiger partial charge is 0.463 e. The number of carbonyl (C=O) groups excluding carboxylic acids is 1. The van der Waals surface area contributed by atoms with Crippen molar-refractivity contribution in [2.75, 3.05) is 6.61 Å². The molecule has 0 radical (unpaired) electrons. The Bertz CT molecular complexity index is 702. The van der Waals surface area contributed by atoms with Crippen LogP contribution < -0.4 is 5.32 Å². The molecule has 1 aliphatic heterocycles. The van der Waals surface area contributed by atoms with Gasteiger partial charge in [0.2, 0.25) is 0 Å². The summed E-state index contributed by atoms with van der Waals surface area (Å²) < 4.78 is 5.20. The van der Waals surface area contributed by atoms with Crippen LogP contribution in [0.15, 0.2) is 34.5 Å². The molecule has 4 nitrogen and oxygen atoms in total. The molecule has 0 amide bonds. The van der Waals surface area contributed by atoms with E-state index in [0.29, 0.717) is 38.7 Å². The molecule has 1 aliphatic rings. The van der Waals surface area contributed by atoms with Crippen molar-refractivity contribution in [2.24, 2.45) is 4.99 Å². The maximum absolute atomic E-state index is 12.4. The van der Waals surface area contributed by atoms with Crippen LogP contribution in [0, 0.1) is 0 Å². The van der Waals surface area contributed by atoms with Gasteiger partial charge in [0.05, 0.1) is 22.2 Å². The summed E-state index contributed by atoms with van der Waals surface area (Å²) in [6.45, 7) is 8.07. The highest BCUT2D eigenvalue weighted by Gasteiger charge is 2.32. The minimum atomic E-state index is -0.544. The number of amidine groups is 1. The third kappa shape index (κ3) is 4.26. The molecule has 7 heteroatoms. The molecule has 1 aromatic rings. The number of allylic oxidation sites excluding steroid dienone is 1. The number of rotatable bonds is 4. The lowest BCUT2D eigenvalue weighted by Gasteiger charge is -2.27. The molecule has 1 heterocycles. The van der Waals surface area contributed by atoms with Gasteiger partial charge in [0.15, 0.2) is 5.17 Å². The summed E-state index contributed by atoms with van der Waals surface area (Å²) in [6, 6.07) is 4.80. The van der Waals surface area contributed by atoms with E-state index < -0.39 is 12.0 Å². The molecule has 2 rings (SSSR count). The summed E-state index contributed by atoms with van der Waals surface area (Å²) in [5.41, 5.74) is 1.86. The van der Waals surface area contributed by atoms with Gasteiger partial charge < -0.3 is 10.1 Å². The molecule has 0 saturated heterocycles. The molecule has 1 N–H and O–H groups in total. The molecule has 0 bridgehead atoms. The molecule has 1 aromatic carbocycles. The van der Waals surface area contributed by atoms with Crippen LogP contribution in [0.5, 0.6) is 0 Å². The maximum atomic E-state index is 12.4. The molecule has 24 heavy (non-hydrogen) atoms. The molecule has 0 saturated carbocycles. The minimum Gasteiger partial charge on any atom is -0.463 e. The maximum Gasteiger partial charge on any atom is 0.338 e. The van der Waals surface area contributed by atoms with Gasteiger partial charge in [0.1, 0.15) is 6.04 Å². The molecule has 130 valence electrons. The number of esters is 1. The third-order valence-corrected chi connectivity index (χ3v) is 5.07. The zero-order valence-corrected chi connectivity index (χ0v) is 16.4. The Labute approximate surface area is 156 Å². The van der Waals surface area contributed by atoms with Crippen molar-refractivity contribution in [2.45, 2.75) is 39.0 Å². The Hall–Kier alpha value is -1.17. The zero-order chi connectivity index (χ0) is 17.9. The quantitative estimate of drug-likeness (QED) is 0.741. The third-order valence-electron chi connectivity index (χ3n) is 3.34. The standard InChI is InChI=1S/C17H20Cl2N2O2S/c1-5-23-16(22)13-10(4)20-17(24-9(2)3)21-15(13)11-7-6-8-12(18)14(11)19/h6-9,15H,5H2,1-4H3,(H,20,21)/t15-/m0/s1. The fraction of sp³-hybridized carbons (Fsp3) is 0.412. The number of hydrogen-bond donors (Lipinski definition) is 1. The van der Waals surface area contributed by atoms with Crippen LogP contribution in [0.4, 0.5) is 0 Å². The van der Waals surface area contributed by atoms with E-state index in [4.69, 9.17) is 32.9 Å². The number of thioether (sulfide) groups is 1. The number of nitrogens with one attached hydrogen (secondary N) is 1. The molecular weight excluding hydrogens is 367 g/mol. The van der Waals surface area contributed by atoms with E-state index in [1.54, 1.807) is 30.8 Å². The second-order valence-corrected chi connectivity index (χ2v) is 7.88. The lowest BCUT2D eigenvalue weighted by Crippen LogP contribution is -2.31. The van der Waals surface area contributed by atoms with Crippen molar-refractivity contribution in [3.8, 4) is 0 Å². The Morgan fingerprint density at radius 1 is 1.42 bits per heavy atom. The van der Waals surface area contributed by atoms with Crippen molar-refractivity contribution in [1.29, 1.82) is 0 Å². The van der Waals surface area contributed by atoms with E-state index in [1.807, 2.05) is 13.0 Å². The average Bonchev–Trinajstić information content (AvgIpc) is 2.49. The van der Waals surface area contributed by atoms with E-state index in [9.17, 15) is 4.79 Å². The van der Waals surface area contributed by atoms with Gasteiger partial charge >= 0.3 is 5.97 Å². The summed E-state index contributed by atoms with van der Waals surface area (Å²) in [5.74, 6) is -0.402. The topological polar surface area (TPSA) is 50.7 Å². The fourth-order valence-corrected chi connectivity index (χ4v) is 3.60. The number of nitrogens with zero attached hydrogens (tertiary/aromatic N) is 1. The van der Waals surface area contributed by atoms with Crippen LogP contribution in [-0.4, -0.2) is 23.0 Å². The van der Waals surface area contributed by atoms with Crippen molar-refractivity contribution in [1.82, 2.24) is 5.32 Å². The van der Waals surface area contributed by atoms with E-state index >= 15 is 0 Å². The van der Waals surface area contributed by atoms with Crippen LogP contribution in [0.1, 0.15) is 39.3 Å². The van der Waals surface area contributed by atoms with Crippen LogP contribution >= 0.6 is 35.0 Å². The fourth-order valence-electron chi connectivity index (χ4n) is 2.36. The molecule has 0 unspecified atom stereocenters. The van der Waals surface area contributed by atoms with Crippen molar-refractivity contribution in [3.63, 3.8) is 0 Å². The van der Waals surface area contributed by atoms with E-state index in [-0.39, 0.29) is 0 Å². The SMILES string of the molecule is CCOC(=O)C1=C(C)NC(SC(C)C)=N[C@H]1c1cccc(Cl)c1Cl. The number of benzene rings is 1. The van der Waals surface area contributed by atoms with Crippen LogP contribution in [0.3, 0.4) is 0 Å². The number of aliphatic imine (C=N–C) groups is 1. The number of hydrogen-bond acceptors (Lipinski definition) is 5. The van der Waals surface area contributed by atoms with E-state index in [2.05, 4.69) is 19.2 Å². The highest BCUT2D eigenvalue weighted by molar-refractivity contribution is 8.14. The average molecular weight is 387 g/mol. The van der Waals surface area contributed by atoms with Crippen molar-refractivity contribution < 1.29 is 9.53 Å². The predicted octanol–water partition coefficient (Wildman–Crippen LogP) is 4.97. The summed E-state index contributed by atoms with van der Waals surface area (Å²) in [5, 5.41) is 5.12. The van der Waals surface area contributed by atoms with Crippen LogP contribution in [-0.2, 0) is 9.53 Å². The Morgan fingerprint density at radius 2 is 2.12 bits per heavy atom. The second-order valence-electron chi connectivity index (χ2n) is 5.53. The predicted molar refractivity (Wildman–Crippen MR) is 102 cm³/mol.